The van der Waals surface area contributed by atoms with Gasteiger partial charge in [0.2, 0.25) is 5.91 Å². The van der Waals surface area contributed by atoms with Crippen LogP contribution in [0.15, 0.2) is 48.5 Å². The summed E-state index contributed by atoms with van der Waals surface area (Å²) in [7, 11) is 0. The number of benzene rings is 2. The first kappa shape index (κ1) is 22.8. The van der Waals surface area contributed by atoms with E-state index in [1.807, 2.05) is 38.1 Å². The molecule has 33 heavy (non-hydrogen) atoms. The van der Waals surface area contributed by atoms with Gasteiger partial charge in [-0.3, -0.25) is 9.59 Å². The lowest BCUT2D eigenvalue weighted by Gasteiger charge is -2.23. The van der Waals surface area contributed by atoms with Crippen LogP contribution >= 0.6 is 0 Å². The molecule has 2 amide bonds. The van der Waals surface area contributed by atoms with E-state index in [0.29, 0.717) is 6.54 Å². The van der Waals surface area contributed by atoms with Crippen LogP contribution in [0.5, 0.6) is 0 Å². The average Bonchev–Trinajstić information content (AvgIpc) is 3.26. The number of nitrogens with one attached hydrogen (secondary N) is 1. The van der Waals surface area contributed by atoms with Crippen molar-refractivity contribution in [2.45, 2.75) is 39.2 Å². The zero-order chi connectivity index (χ0) is 23.8. The number of carboxylic acids is 1. The van der Waals surface area contributed by atoms with Crippen LogP contribution in [0.1, 0.15) is 44.2 Å². The highest BCUT2D eigenvalue weighted by atomic mass is 16.5. The largest absolute Gasteiger partial charge is 0.481 e. The van der Waals surface area contributed by atoms with E-state index in [1.54, 1.807) is 11.8 Å². The van der Waals surface area contributed by atoms with Gasteiger partial charge in [0.05, 0.1) is 5.92 Å². The van der Waals surface area contributed by atoms with E-state index in [1.165, 1.54) is 0 Å². The van der Waals surface area contributed by atoms with Crippen molar-refractivity contribution in [3.8, 4) is 11.1 Å². The SMILES string of the molecule is C[C@H](CC(=O)N1CC(C(=O)O)C(C)(C)C1)NC(=O)OCC1c2ccccc2-c2ccccc21. The molecule has 174 valence electrons. The summed E-state index contributed by atoms with van der Waals surface area (Å²) in [6.45, 7) is 6.25. The number of carbonyl (C=O) groups excluding carboxylic acids is 2. The lowest BCUT2D eigenvalue weighted by molar-refractivity contribution is -0.144. The molecule has 0 bridgehead atoms. The maximum atomic E-state index is 12.7. The molecule has 0 spiro atoms. The number of amides is 2. The first-order valence-corrected chi connectivity index (χ1v) is 11.3. The van der Waals surface area contributed by atoms with Crippen molar-refractivity contribution in [3.63, 3.8) is 0 Å². The fraction of sp³-hybridized carbons (Fsp3) is 0.423. The van der Waals surface area contributed by atoms with Gasteiger partial charge in [-0.1, -0.05) is 62.4 Å². The smallest absolute Gasteiger partial charge is 0.407 e. The second-order valence-electron chi connectivity index (χ2n) is 9.73. The number of hydrogen-bond donors (Lipinski definition) is 2. The maximum absolute atomic E-state index is 12.7. The third kappa shape index (κ3) is 4.58. The summed E-state index contributed by atoms with van der Waals surface area (Å²) in [5.74, 6) is -1.68. The van der Waals surface area contributed by atoms with Crippen LogP contribution in [0.2, 0.25) is 0 Å². The average molecular weight is 451 g/mol. The normalized spacial score (nSPS) is 19.5. The molecule has 1 fully saturated rings. The number of alkyl carbamates (subject to hydrolysis) is 1. The summed E-state index contributed by atoms with van der Waals surface area (Å²) < 4.78 is 5.55. The molecular formula is C26H30N2O5. The van der Waals surface area contributed by atoms with Crippen LogP contribution in [0, 0.1) is 11.3 Å². The number of ether oxygens (including phenoxy) is 1. The zero-order valence-corrected chi connectivity index (χ0v) is 19.2. The predicted molar refractivity (Wildman–Crippen MR) is 124 cm³/mol. The highest BCUT2D eigenvalue weighted by Gasteiger charge is 2.45. The molecule has 0 radical (unpaired) electrons. The van der Waals surface area contributed by atoms with Crippen molar-refractivity contribution in [1.29, 1.82) is 0 Å². The number of carboxylic acid groups (broad SMARTS) is 1. The van der Waals surface area contributed by atoms with Crippen molar-refractivity contribution in [1.82, 2.24) is 10.2 Å². The first-order valence-electron chi connectivity index (χ1n) is 11.3. The first-order chi connectivity index (χ1) is 15.7. The van der Waals surface area contributed by atoms with Gasteiger partial charge in [0.15, 0.2) is 0 Å². The maximum Gasteiger partial charge on any atom is 0.407 e. The third-order valence-electron chi connectivity index (χ3n) is 6.78. The van der Waals surface area contributed by atoms with Gasteiger partial charge in [-0.25, -0.2) is 4.79 Å². The molecule has 2 aliphatic rings. The minimum Gasteiger partial charge on any atom is -0.481 e. The van der Waals surface area contributed by atoms with Gasteiger partial charge in [0.1, 0.15) is 6.61 Å². The Kier molecular flexibility index (Phi) is 6.15. The minimum atomic E-state index is -0.889. The van der Waals surface area contributed by atoms with Gasteiger partial charge < -0.3 is 20.1 Å². The Hall–Kier alpha value is -3.35. The molecule has 2 aromatic carbocycles. The van der Waals surface area contributed by atoms with Crippen molar-refractivity contribution in [2.75, 3.05) is 19.7 Å². The summed E-state index contributed by atoms with van der Waals surface area (Å²) in [4.78, 5) is 38.2. The third-order valence-corrected chi connectivity index (χ3v) is 6.78. The highest BCUT2D eigenvalue weighted by Crippen LogP contribution is 2.44. The standard InChI is InChI=1S/C26H30N2O5/c1-16(12-23(29)28-13-22(24(30)31)26(2,3)15-28)27-25(32)33-14-21-19-10-6-4-8-17(19)18-9-5-7-11-20(18)21/h4-11,16,21-22H,12-15H2,1-3H3,(H,27,32)(H,30,31)/t16-,22?/m1/s1. The number of fused-ring (bicyclic) bond motifs is 3. The van der Waals surface area contributed by atoms with E-state index in [4.69, 9.17) is 4.74 Å². The molecule has 0 aromatic heterocycles. The Morgan fingerprint density at radius 3 is 2.21 bits per heavy atom. The molecule has 7 nitrogen and oxygen atoms in total. The van der Waals surface area contributed by atoms with Gasteiger partial charge in [0, 0.05) is 31.5 Å². The van der Waals surface area contributed by atoms with Crippen LogP contribution in [-0.4, -0.2) is 53.7 Å². The fourth-order valence-electron chi connectivity index (χ4n) is 5.02. The predicted octanol–water partition coefficient (Wildman–Crippen LogP) is 3.87. The Morgan fingerprint density at radius 1 is 1.09 bits per heavy atom. The Labute approximate surface area is 193 Å². The molecular weight excluding hydrogens is 420 g/mol. The molecule has 7 heteroatoms. The minimum absolute atomic E-state index is 0.0279. The Morgan fingerprint density at radius 2 is 1.67 bits per heavy atom. The van der Waals surface area contributed by atoms with Gasteiger partial charge in [-0.2, -0.15) is 0 Å². The Balaban J connectivity index is 1.31. The number of nitrogens with zero attached hydrogens (tertiary/aromatic N) is 1. The molecule has 4 rings (SSSR count). The zero-order valence-electron chi connectivity index (χ0n) is 19.2. The second kappa shape index (κ2) is 8.89. The molecule has 0 saturated carbocycles. The number of likely N-dealkylation sites (tertiary alicyclic amines) is 1. The van der Waals surface area contributed by atoms with Gasteiger partial charge >= 0.3 is 12.1 Å². The lowest BCUT2D eigenvalue weighted by atomic mass is 9.82. The summed E-state index contributed by atoms with van der Waals surface area (Å²) in [6.07, 6.45) is -0.477. The molecule has 1 aliphatic carbocycles. The number of rotatable bonds is 6. The summed E-state index contributed by atoms with van der Waals surface area (Å²) in [5, 5.41) is 12.1. The second-order valence-corrected chi connectivity index (χ2v) is 9.73. The van der Waals surface area contributed by atoms with Crippen LogP contribution < -0.4 is 5.32 Å². The number of hydrogen-bond acceptors (Lipinski definition) is 4. The monoisotopic (exact) mass is 450 g/mol. The number of carbonyl (C=O) groups is 3. The van der Waals surface area contributed by atoms with Gasteiger partial charge in [0.25, 0.3) is 0 Å². The van der Waals surface area contributed by atoms with Crippen molar-refractivity contribution in [3.05, 3.63) is 59.7 Å². The van der Waals surface area contributed by atoms with Crippen LogP contribution in [0.4, 0.5) is 4.79 Å². The lowest BCUT2D eigenvalue weighted by Crippen LogP contribution is -2.39. The van der Waals surface area contributed by atoms with Crippen molar-refractivity contribution in [2.24, 2.45) is 11.3 Å². The van der Waals surface area contributed by atoms with Gasteiger partial charge in [-0.15, -0.1) is 0 Å². The highest BCUT2D eigenvalue weighted by molar-refractivity contribution is 5.81. The topological polar surface area (TPSA) is 95.9 Å². The molecule has 1 heterocycles. The van der Waals surface area contributed by atoms with E-state index in [9.17, 15) is 19.5 Å². The quantitative estimate of drug-likeness (QED) is 0.697. The molecule has 2 aromatic rings. The molecule has 2 atom stereocenters. The van der Waals surface area contributed by atoms with Crippen molar-refractivity contribution < 1.29 is 24.2 Å². The Bertz CT molecular complexity index is 1030. The van der Waals surface area contributed by atoms with Crippen LogP contribution in [0.3, 0.4) is 0 Å². The van der Waals surface area contributed by atoms with E-state index in [0.717, 1.165) is 22.3 Å². The van der Waals surface area contributed by atoms with Crippen molar-refractivity contribution >= 4 is 18.0 Å². The van der Waals surface area contributed by atoms with E-state index >= 15 is 0 Å². The van der Waals surface area contributed by atoms with E-state index in [2.05, 4.69) is 29.6 Å². The summed E-state index contributed by atoms with van der Waals surface area (Å²) in [6, 6.07) is 15.8. The van der Waals surface area contributed by atoms with E-state index < -0.39 is 29.4 Å². The fourth-order valence-corrected chi connectivity index (χ4v) is 5.02. The van der Waals surface area contributed by atoms with E-state index in [-0.39, 0.29) is 31.4 Å². The molecule has 1 unspecified atom stereocenters. The molecule has 1 aliphatic heterocycles. The van der Waals surface area contributed by atoms with Crippen LogP contribution in [-0.2, 0) is 14.3 Å². The molecule has 2 N–H and O–H groups in total. The summed E-state index contributed by atoms with van der Waals surface area (Å²) >= 11 is 0. The van der Waals surface area contributed by atoms with Crippen LogP contribution in [0.25, 0.3) is 11.1 Å². The summed E-state index contributed by atoms with van der Waals surface area (Å²) in [5.41, 5.74) is 4.12. The number of aliphatic carboxylic acids is 1. The molecule has 1 saturated heterocycles. The van der Waals surface area contributed by atoms with Gasteiger partial charge in [-0.05, 0) is 34.6 Å².